The van der Waals surface area contributed by atoms with E-state index >= 15 is 0 Å². The number of para-hydroxylation sites is 2. The van der Waals surface area contributed by atoms with E-state index in [1.165, 1.54) is 18.4 Å². The van der Waals surface area contributed by atoms with Crippen molar-refractivity contribution in [1.82, 2.24) is 9.97 Å². The summed E-state index contributed by atoms with van der Waals surface area (Å²) in [6, 6.07) is 14.3. The fourth-order valence-corrected chi connectivity index (χ4v) is 5.10. The molecule has 2 aromatic carbocycles. The number of fused-ring (bicyclic) bond motifs is 2. The van der Waals surface area contributed by atoms with E-state index in [1.54, 1.807) is 0 Å². The summed E-state index contributed by atoms with van der Waals surface area (Å²) in [5.41, 5.74) is 3.17. The van der Waals surface area contributed by atoms with Crippen LogP contribution in [0.5, 0.6) is 11.5 Å². The fraction of sp³-hybridized carbons (Fsp3) is 0.440. The molecule has 0 amide bonds. The van der Waals surface area contributed by atoms with Crippen molar-refractivity contribution in [3.63, 3.8) is 0 Å². The van der Waals surface area contributed by atoms with Gasteiger partial charge < -0.3 is 14.4 Å². The van der Waals surface area contributed by atoms with Crippen molar-refractivity contribution in [3.05, 3.63) is 54.2 Å². The number of hydrogen-bond acceptors (Lipinski definition) is 6. The summed E-state index contributed by atoms with van der Waals surface area (Å²) in [6.45, 7) is 5.00. The molecule has 3 aliphatic rings. The molecule has 32 heavy (non-hydrogen) atoms. The van der Waals surface area contributed by atoms with Crippen molar-refractivity contribution in [1.29, 1.82) is 0 Å². The Morgan fingerprint density at radius 3 is 2.62 bits per heavy atom. The van der Waals surface area contributed by atoms with Gasteiger partial charge in [-0.1, -0.05) is 12.1 Å². The first kappa shape index (κ1) is 19.5. The zero-order valence-electron chi connectivity index (χ0n) is 18.2. The number of piperidine rings is 1. The average Bonchev–Trinajstić information content (AvgIpc) is 2.84. The van der Waals surface area contributed by atoms with E-state index in [0.29, 0.717) is 13.2 Å². The van der Waals surface area contributed by atoms with Crippen LogP contribution in [0.3, 0.4) is 0 Å². The molecule has 0 bridgehead atoms. The number of anilines is 1. The third-order valence-corrected chi connectivity index (χ3v) is 6.84. The van der Waals surface area contributed by atoms with Gasteiger partial charge in [0.15, 0.2) is 24.6 Å². The van der Waals surface area contributed by atoms with E-state index in [9.17, 15) is 0 Å². The topological polar surface area (TPSA) is 62.9 Å². The Bertz CT molecular complexity index is 1170. The van der Waals surface area contributed by atoms with Gasteiger partial charge in [-0.3, -0.25) is 4.98 Å². The lowest BCUT2D eigenvalue weighted by atomic mass is 9.83. The summed E-state index contributed by atoms with van der Waals surface area (Å²) < 4.78 is 13.7. The van der Waals surface area contributed by atoms with Gasteiger partial charge in [0.1, 0.15) is 24.6 Å². The summed E-state index contributed by atoms with van der Waals surface area (Å²) in [5, 5.41) is 5.26. The molecule has 0 unspecified atom stereocenters. The van der Waals surface area contributed by atoms with Crippen molar-refractivity contribution in [2.45, 2.75) is 37.8 Å². The predicted octanol–water partition coefficient (Wildman–Crippen LogP) is 4.20. The highest BCUT2D eigenvalue weighted by Crippen LogP contribution is 2.36. The van der Waals surface area contributed by atoms with E-state index in [4.69, 9.17) is 19.6 Å². The molecule has 1 fully saturated rings. The molecule has 0 aliphatic carbocycles. The van der Waals surface area contributed by atoms with Gasteiger partial charge in [-0.15, -0.1) is 4.70 Å². The Hall–Kier alpha value is -3.22. The molecule has 0 saturated carbocycles. The van der Waals surface area contributed by atoms with E-state index in [2.05, 4.69) is 26.7 Å². The summed E-state index contributed by atoms with van der Waals surface area (Å²) in [6.07, 6.45) is 6.37. The minimum atomic E-state index is 0.0485. The van der Waals surface area contributed by atoms with Crippen LogP contribution < -0.4 is 14.4 Å². The second-order valence-electron chi connectivity index (χ2n) is 9.00. The Labute approximate surface area is 187 Å². The number of nitrogens with zero attached hydrogens (tertiary/aromatic N) is 5. The van der Waals surface area contributed by atoms with E-state index in [0.717, 1.165) is 67.4 Å². The Morgan fingerprint density at radius 2 is 1.75 bits per heavy atom. The van der Waals surface area contributed by atoms with Crippen molar-refractivity contribution in [2.24, 2.45) is 5.11 Å². The molecular formula is C25H28N5O2+. The third kappa shape index (κ3) is 3.76. The maximum Gasteiger partial charge on any atom is 0.193 e. The van der Waals surface area contributed by atoms with Crippen LogP contribution in [-0.4, -0.2) is 53.1 Å². The van der Waals surface area contributed by atoms with Crippen LogP contribution in [-0.2, 0) is 6.54 Å². The van der Waals surface area contributed by atoms with Crippen LogP contribution >= 0.6 is 0 Å². The van der Waals surface area contributed by atoms with Gasteiger partial charge in [0, 0.05) is 25.1 Å². The Morgan fingerprint density at radius 1 is 0.938 bits per heavy atom. The van der Waals surface area contributed by atoms with Gasteiger partial charge in [0.2, 0.25) is 0 Å². The third-order valence-electron chi connectivity index (χ3n) is 6.84. The van der Waals surface area contributed by atoms with Crippen LogP contribution in [0.2, 0.25) is 0 Å². The van der Waals surface area contributed by atoms with Crippen LogP contribution in [0, 0.1) is 0 Å². The zero-order chi connectivity index (χ0) is 21.4. The molecule has 4 heterocycles. The quantitative estimate of drug-likeness (QED) is 0.583. The maximum absolute atomic E-state index is 5.75. The van der Waals surface area contributed by atoms with Crippen LogP contribution in [0.4, 0.5) is 5.82 Å². The molecule has 1 saturated heterocycles. The first-order valence-corrected chi connectivity index (χ1v) is 11.6. The molecule has 164 valence electrons. The first-order chi connectivity index (χ1) is 15.8. The molecular weight excluding hydrogens is 402 g/mol. The highest BCUT2D eigenvalue weighted by atomic mass is 16.6. The van der Waals surface area contributed by atoms with E-state index in [1.807, 2.05) is 36.5 Å². The number of ether oxygens (including phenoxy) is 2. The van der Waals surface area contributed by atoms with E-state index < -0.39 is 0 Å². The second-order valence-corrected chi connectivity index (χ2v) is 9.00. The van der Waals surface area contributed by atoms with Gasteiger partial charge in [-0.25, -0.2) is 4.98 Å². The minimum Gasteiger partial charge on any atom is -0.486 e. The lowest BCUT2D eigenvalue weighted by Crippen LogP contribution is -2.46. The molecule has 7 heteroatoms. The Kier molecular flexibility index (Phi) is 4.89. The predicted molar refractivity (Wildman–Crippen MR) is 122 cm³/mol. The summed E-state index contributed by atoms with van der Waals surface area (Å²) >= 11 is 0. The SMILES string of the molecule is c1ccc2nc(N3CCC4(CCC[N+](Cc5ccc6c(c5)OCCO6)=N4)CC3)cnc2c1. The molecule has 0 N–H and O–H groups in total. The molecule has 6 rings (SSSR count). The summed E-state index contributed by atoms with van der Waals surface area (Å²) in [7, 11) is 0. The monoisotopic (exact) mass is 430 g/mol. The van der Waals surface area contributed by atoms with Crippen LogP contribution in [0.25, 0.3) is 11.0 Å². The zero-order valence-corrected chi connectivity index (χ0v) is 18.2. The van der Waals surface area contributed by atoms with Gasteiger partial charge in [0.05, 0.1) is 17.2 Å². The average molecular weight is 431 g/mol. The minimum absolute atomic E-state index is 0.0485. The smallest absolute Gasteiger partial charge is 0.193 e. The van der Waals surface area contributed by atoms with Crippen molar-refractivity contribution in [2.75, 3.05) is 37.7 Å². The summed E-state index contributed by atoms with van der Waals surface area (Å²) in [4.78, 5) is 11.8. The number of benzene rings is 2. The molecule has 1 spiro atoms. The highest BCUT2D eigenvalue weighted by Gasteiger charge is 2.41. The van der Waals surface area contributed by atoms with Gasteiger partial charge in [0.25, 0.3) is 0 Å². The van der Waals surface area contributed by atoms with Crippen LogP contribution in [0.1, 0.15) is 31.2 Å². The van der Waals surface area contributed by atoms with E-state index in [-0.39, 0.29) is 5.54 Å². The maximum atomic E-state index is 5.75. The van der Waals surface area contributed by atoms with Gasteiger partial charge in [-0.2, -0.15) is 0 Å². The second kappa shape index (κ2) is 8.04. The number of azo groups is 2. The van der Waals surface area contributed by atoms with Crippen molar-refractivity contribution < 1.29 is 14.2 Å². The first-order valence-electron chi connectivity index (χ1n) is 11.6. The van der Waals surface area contributed by atoms with Crippen LogP contribution in [0.15, 0.2) is 53.8 Å². The molecule has 0 radical (unpaired) electrons. The molecule has 3 aliphatic heterocycles. The van der Waals surface area contributed by atoms with Crippen molar-refractivity contribution >= 4 is 16.9 Å². The number of hydrogen-bond donors (Lipinski definition) is 0. The normalized spacial score (nSPS) is 19.8. The molecule has 1 aromatic heterocycles. The lowest BCUT2D eigenvalue weighted by molar-refractivity contribution is -0.623. The molecule has 7 nitrogen and oxygen atoms in total. The lowest BCUT2D eigenvalue weighted by Gasteiger charge is -2.38. The largest absolute Gasteiger partial charge is 0.486 e. The fourth-order valence-electron chi connectivity index (χ4n) is 5.10. The number of aromatic nitrogens is 2. The van der Waals surface area contributed by atoms with Gasteiger partial charge in [-0.05, 0) is 54.7 Å². The van der Waals surface area contributed by atoms with Crippen molar-refractivity contribution in [3.8, 4) is 11.5 Å². The Balaban J connectivity index is 1.16. The molecule has 0 atom stereocenters. The number of rotatable bonds is 3. The standard InChI is InChI=1S/C25H28N5O2/c1-2-5-21-20(4-1)26-17-24(27-21)29-12-9-25(10-13-29)8-3-11-30(28-25)18-19-6-7-22-23(16-19)32-15-14-31-22/h1-2,4-7,16-17H,3,8-15,18H2/q+1. The highest BCUT2D eigenvalue weighted by molar-refractivity contribution is 5.75. The van der Waals surface area contributed by atoms with Gasteiger partial charge >= 0.3 is 0 Å². The summed E-state index contributed by atoms with van der Waals surface area (Å²) in [5.74, 6) is 2.67. The molecule has 3 aromatic rings.